The van der Waals surface area contributed by atoms with Crippen molar-refractivity contribution < 1.29 is 4.39 Å². The second kappa shape index (κ2) is 6.53. The zero-order valence-electron chi connectivity index (χ0n) is 11.5. The maximum Gasteiger partial charge on any atom is 0.124 e. The van der Waals surface area contributed by atoms with Gasteiger partial charge in [-0.3, -0.25) is 4.68 Å². The van der Waals surface area contributed by atoms with Crippen LogP contribution in [0.1, 0.15) is 23.0 Å². The van der Waals surface area contributed by atoms with Gasteiger partial charge < -0.3 is 5.32 Å². The molecule has 1 heterocycles. The van der Waals surface area contributed by atoms with Gasteiger partial charge >= 0.3 is 0 Å². The minimum absolute atomic E-state index is 0.119. The lowest BCUT2D eigenvalue weighted by Gasteiger charge is -2.18. The van der Waals surface area contributed by atoms with Crippen molar-refractivity contribution in [1.29, 1.82) is 0 Å². The Morgan fingerprint density at radius 3 is 2.70 bits per heavy atom. The Kier molecular flexibility index (Phi) is 5.19. The van der Waals surface area contributed by atoms with Crippen LogP contribution < -0.4 is 5.32 Å². The van der Waals surface area contributed by atoms with Crippen molar-refractivity contribution >= 4 is 38.5 Å². The van der Waals surface area contributed by atoms with Crippen molar-refractivity contribution in [3.63, 3.8) is 0 Å². The first-order chi connectivity index (χ1) is 9.43. The molecule has 0 spiro atoms. The summed E-state index contributed by atoms with van der Waals surface area (Å²) in [6.45, 7) is 1.98. The monoisotopic (exact) mass is 451 g/mol. The van der Waals surface area contributed by atoms with Crippen LogP contribution in [0, 0.1) is 16.3 Å². The number of aryl methyl sites for hydroxylation is 2. The SMILES string of the molecule is CNC(Cc1c(Br)c(C)nn1C)c1ccc(F)cc1I. The lowest BCUT2D eigenvalue weighted by Crippen LogP contribution is -2.21. The van der Waals surface area contributed by atoms with Gasteiger partial charge in [0, 0.05) is 23.1 Å². The minimum Gasteiger partial charge on any atom is -0.313 e. The molecule has 0 aliphatic carbocycles. The third kappa shape index (κ3) is 3.23. The molecule has 0 fully saturated rings. The van der Waals surface area contributed by atoms with Gasteiger partial charge in [0.05, 0.1) is 15.9 Å². The Labute approximate surface area is 140 Å². The zero-order valence-corrected chi connectivity index (χ0v) is 15.3. The maximum absolute atomic E-state index is 13.2. The highest BCUT2D eigenvalue weighted by atomic mass is 127. The second-order valence-corrected chi connectivity index (χ2v) is 6.64. The normalized spacial score (nSPS) is 12.7. The highest BCUT2D eigenvalue weighted by Gasteiger charge is 2.19. The fraction of sp³-hybridized carbons (Fsp3) is 0.357. The van der Waals surface area contributed by atoms with Crippen LogP contribution in [0.15, 0.2) is 22.7 Å². The Hall–Kier alpha value is -0.470. The van der Waals surface area contributed by atoms with Crippen molar-refractivity contribution in [2.75, 3.05) is 7.05 Å². The lowest BCUT2D eigenvalue weighted by molar-refractivity contribution is 0.555. The van der Waals surface area contributed by atoms with E-state index in [4.69, 9.17) is 0 Å². The first-order valence-corrected chi connectivity index (χ1v) is 8.11. The van der Waals surface area contributed by atoms with E-state index in [-0.39, 0.29) is 11.9 Å². The lowest BCUT2D eigenvalue weighted by atomic mass is 10.0. The van der Waals surface area contributed by atoms with Gasteiger partial charge in [0.15, 0.2) is 0 Å². The van der Waals surface area contributed by atoms with Crippen molar-refractivity contribution in [1.82, 2.24) is 15.1 Å². The van der Waals surface area contributed by atoms with Crippen LogP contribution in [0.5, 0.6) is 0 Å². The summed E-state index contributed by atoms with van der Waals surface area (Å²) in [7, 11) is 3.86. The predicted molar refractivity (Wildman–Crippen MR) is 90.3 cm³/mol. The summed E-state index contributed by atoms with van der Waals surface area (Å²) in [5.41, 5.74) is 3.20. The molecular formula is C14H16BrFIN3. The van der Waals surface area contributed by atoms with Crippen molar-refractivity contribution in [2.45, 2.75) is 19.4 Å². The van der Waals surface area contributed by atoms with E-state index in [1.165, 1.54) is 6.07 Å². The molecule has 108 valence electrons. The topological polar surface area (TPSA) is 29.9 Å². The van der Waals surface area contributed by atoms with Crippen molar-refractivity contribution in [2.24, 2.45) is 7.05 Å². The molecule has 0 amide bonds. The average Bonchev–Trinajstić information content (AvgIpc) is 2.62. The van der Waals surface area contributed by atoms with Gasteiger partial charge in [-0.05, 0) is 70.2 Å². The molecule has 1 unspecified atom stereocenters. The minimum atomic E-state index is -0.203. The van der Waals surface area contributed by atoms with Crippen LogP contribution in [0.25, 0.3) is 0 Å². The largest absolute Gasteiger partial charge is 0.313 e. The number of rotatable bonds is 4. The third-order valence-electron chi connectivity index (χ3n) is 3.35. The average molecular weight is 452 g/mol. The van der Waals surface area contributed by atoms with Crippen LogP contribution in [0.2, 0.25) is 0 Å². The molecular weight excluding hydrogens is 436 g/mol. The number of halogens is 3. The Morgan fingerprint density at radius 1 is 1.50 bits per heavy atom. The van der Waals surface area contributed by atoms with Crippen LogP contribution >= 0.6 is 38.5 Å². The molecule has 0 saturated carbocycles. The molecule has 1 N–H and O–H groups in total. The van der Waals surface area contributed by atoms with Crippen LogP contribution in [0.3, 0.4) is 0 Å². The van der Waals surface area contributed by atoms with E-state index in [1.54, 1.807) is 6.07 Å². The molecule has 2 aromatic rings. The van der Waals surface area contributed by atoms with E-state index in [0.29, 0.717) is 0 Å². The van der Waals surface area contributed by atoms with Crippen LogP contribution in [-0.2, 0) is 13.5 Å². The summed E-state index contributed by atoms with van der Waals surface area (Å²) in [6, 6.07) is 5.03. The number of nitrogens with zero attached hydrogens (tertiary/aromatic N) is 2. The molecule has 20 heavy (non-hydrogen) atoms. The molecule has 1 aromatic carbocycles. The zero-order chi connectivity index (χ0) is 14.9. The van der Waals surface area contributed by atoms with E-state index in [1.807, 2.05) is 31.8 Å². The molecule has 2 rings (SSSR count). The molecule has 3 nitrogen and oxygen atoms in total. The number of hydrogen-bond acceptors (Lipinski definition) is 2. The van der Waals surface area contributed by atoms with Crippen LogP contribution in [-0.4, -0.2) is 16.8 Å². The number of likely N-dealkylation sites (N-methyl/N-ethyl adjacent to an activating group) is 1. The van der Waals surface area contributed by atoms with E-state index < -0.39 is 0 Å². The summed E-state index contributed by atoms with van der Waals surface area (Å²) in [4.78, 5) is 0. The summed E-state index contributed by atoms with van der Waals surface area (Å²) in [5.74, 6) is -0.203. The van der Waals surface area contributed by atoms with Gasteiger partial charge in [0.25, 0.3) is 0 Å². The van der Waals surface area contributed by atoms with E-state index in [9.17, 15) is 4.39 Å². The number of nitrogens with one attached hydrogen (secondary N) is 1. The Morgan fingerprint density at radius 2 is 2.20 bits per heavy atom. The molecule has 0 aliphatic heterocycles. The summed E-state index contributed by atoms with van der Waals surface area (Å²) in [5, 5.41) is 7.71. The van der Waals surface area contributed by atoms with Crippen LogP contribution in [0.4, 0.5) is 4.39 Å². The van der Waals surface area contributed by atoms with Gasteiger partial charge in [-0.1, -0.05) is 6.07 Å². The summed E-state index contributed by atoms with van der Waals surface area (Å²) < 4.78 is 17.1. The Balaban J connectivity index is 2.33. The predicted octanol–water partition coefficient (Wildman–Crippen LogP) is 3.74. The van der Waals surface area contributed by atoms with Gasteiger partial charge in [-0.25, -0.2) is 4.39 Å². The van der Waals surface area contributed by atoms with Gasteiger partial charge in [0.2, 0.25) is 0 Å². The smallest absolute Gasteiger partial charge is 0.124 e. The van der Waals surface area contributed by atoms with Gasteiger partial charge in [-0.15, -0.1) is 0 Å². The molecule has 0 bridgehead atoms. The molecule has 0 aliphatic rings. The standard InChI is InChI=1S/C14H16BrFIN3/c1-8-14(15)13(20(3)19-8)7-12(18-2)10-5-4-9(16)6-11(10)17/h4-6,12,18H,7H2,1-3H3. The third-order valence-corrected chi connectivity index (χ3v) is 5.31. The van der Waals surface area contributed by atoms with Crippen molar-refractivity contribution in [3.8, 4) is 0 Å². The highest BCUT2D eigenvalue weighted by Crippen LogP contribution is 2.28. The number of aromatic nitrogens is 2. The number of hydrogen-bond donors (Lipinski definition) is 1. The van der Waals surface area contributed by atoms with Gasteiger partial charge in [0.1, 0.15) is 5.82 Å². The molecule has 6 heteroatoms. The van der Waals surface area contributed by atoms with E-state index in [0.717, 1.165) is 31.4 Å². The summed E-state index contributed by atoms with van der Waals surface area (Å²) >= 11 is 5.76. The molecule has 0 saturated heterocycles. The quantitative estimate of drug-likeness (QED) is 0.717. The molecule has 0 radical (unpaired) electrons. The first-order valence-electron chi connectivity index (χ1n) is 6.24. The molecule has 1 atom stereocenters. The Bertz CT molecular complexity index is 627. The summed E-state index contributed by atoms with van der Waals surface area (Å²) in [6.07, 6.45) is 0.788. The van der Waals surface area contributed by atoms with Gasteiger partial charge in [-0.2, -0.15) is 5.10 Å². The van der Waals surface area contributed by atoms with E-state index >= 15 is 0 Å². The fourth-order valence-electron chi connectivity index (χ4n) is 2.25. The fourth-order valence-corrected chi connectivity index (χ4v) is 3.60. The second-order valence-electron chi connectivity index (χ2n) is 4.68. The highest BCUT2D eigenvalue weighted by molar-refractivity contribution is 14.1. The maximum atomic E-state index is 13.2. The number of benzene rings is 1. The van der Waals surface area contributed by atoms with E-state index in [2.05, 4.69) is 48.9 Å². The molecule has 1 aromatic heterocycles. The first kappa shape index (κ1) is 15.9. The van der Waals surface area contributed by atoms with Crippen molar-refractivity contribution in [3.05, 3.63) is 49.0 Å².